The molecular formula is C25H33N7O4. The molecule has 2 aliphatic heterocycles. The lowest BCUT2D eigenvalue weighted by Gasteiger charge is -2.28. The summed E-state index contributed by atoms with van der Waals surface area (Å²) in [5.74, 6) is 1.31. The highest BCUT2D eigenvalue weighted by Gasteiger charge is 2.18. The number of ether oxygens (including phenoxy) is 3. The maximum Gasteiger partial charge on any atom is 0.324 e. The minimum atomic E-state index is -0.384. The average molecular weight is 496 g/mol. The van der Waals surface area contributed by atoms with Crippen molar-refractivity contribution in [3.63, 3.8) is 0 Å². The molecule has 2 fully saturated rings. The maximum atomic E-state index is 12.8. The summed E-state index contributed by atoms with van der Waals surface area (Å²) in [6.45, 7) is 11.2. The van der Waals surface area contributed by atoms with Gasteiger partial charge < -0.3 is 29.4 Å². The highest BCUT2D eigenvalue weighted by molar-refractivity contribution is 6.01. The van der Waals surface area contributed by atoms with Gasteiger partial charge in [-0.2, -0.15) is 9.97 Å². The predicted octanol–water partition coefficient (Wildman–Crippen LogP) is 2.77. The fraction of sp³-hybridized carbons (Fsp3) is 0.480. The number of hydrogen-bond donors (Lipinski definition) is 3. The molecule has 3 aromatic rings. The van der Waals surface area contributed by atoms with Gasteiger partial charge in [0.05, 0.1) is 26.4 Å². The number of nitrogens with one attached hydrogen (secondary N) is 3. The second kappa shape index (κ2) is 11.1. The van der Waals surface area contributed by atoms with Gasteiger partial charge in [0.1, 0.15) is 12.4 Å². The summed E-state index contributed by atoms with van der Waals surface area (Å²) in [6.07, 6.45) is 0. The molecule has 2 aromatic heterocycles. The number of aromatic amines is 1. The molecule has 2 amide bonds. The van der Waals surface area contributed by atoms with E-state index in [0.717, 1.165) is 49.4 Å². The number of amides is 2. The van der Waals surface area contributed by atoms with E-state index in [4.69, 9.17) is 14.2 Å². The molecule has 0 saturated carbocycles. The minimum absolute atomic E-state index is 0.375. The van der Waals surface area contributed by atoms with Crippen LogP contribution in [-0.4, -0.2) is 91.6 Å². The standard InChI is InChI=1S/C25H33N7O4/c1-17-18(2)26-21-4-3-19(15-20(17)21)27-25(33)29-22-16-23(36-14-7-31-5-10-34-11-6-31)30-24(28-22)32-8-12-35-13-9-32/h3-4,15-16,26H,5-14H2,1-2H3,(H2,27,28,29,30,33). The third kappa shape index (κ3) is 5.86. The maximum absolute atomic E-state index is 12.8. The van der Waals surface area contributed by atoms with E-state index in [1.54, 1.807) is 6.07 Å². The second-order valence-electron chi connectivity index (χ2n) is 9.01. The number of hydrogen-bond acceptors (Lipinski definition) is 8. The van der Waals surface area contributed by atoms with E-state index >= 15 is 0 Å². The summed E-state index contributed by atoms with van der Waals surface area (Å²) >= 11 is 0. The van der Waals surface area contributed by atoms with Gasteiger partial charge in [0.2, 0.25) is 11.8 Å². The summed E-state index contributed by atoms with van der Waals surface area (Å²) in [7, 11) is 0. The van der Waals surface area contributed by atoms with Crippen molar-refractivity contribution in [3.8, 4) is 5.88 Å². The van der Waals surface area contributed by atoms with Crippen molar-refractivity contribution < 1.29 is 19.0 Å². The van der Waals surface area contributed by atoms with Crippen LogP contribution in [0.1, 0.15) is 11.3 Å². The van der Waals surface area contributed by atoms with Crippen molar-refractivity contribution in [2.24, 2.45) is 0 Å². The molecule has 0 unspecified atom stereocenters. The van der Waals surface area contributed by atoms with Gasteiger partial charge in [0.25, 0.3) is 0 Å². The van der Waals surface area contributed by atoms with Gasteiger partial charge in [-0.15, -0.1) is 0 Å². The summed E-state index contributed by atoms with van der Waals surface area (Å²) in [5, 5.41) is 6.83. The fourth-order valence-electron chi connectivity index (χ4n) is 4.38. The molecule has 36 heavy (non-hydrogen) atoms. The molecule has 0 atom stereocenters. The molecule has 0 aliphatic carbocycles. The largest absolute Gasteiger partial charge is 0.476 e. The topological polar surface area (TPSA) is 117 Å². The number of carbonyl (C=O) groups excluding carboxylic acids is 1. The Morgan fingerprint density at radius 1 is 1.03 bits per heavy atom. The normalized spacial score (nSPS) is 16.8. The first-order valence-corrected chi connectivity index (χ1v) is 12.4. The summed E-state index contributed by atoms with van der Waals surface area (Å²) in [4.78, 5) is 29.7. The Bertz CT molecular complexity index is 1200. The van der Waals surface area contributed by atoms with E-state index in [1.807, 2.05) is 30.0 Å². The SMILES string of the molecule is Cc1[nH]c2ccc(NC(=O)Nc3cc(OCCN4CCOCC4)nc(N4CCOCC4)n3)cc2c1C. The zero-order valence-electron chi connectivity index (χ0n) is 20.8. The van der Waals surface area contributed by atoms with E-state index < -0.39 is 0 Å². The first-order valence-electron chi connectivity index (χ1n) is 12.4. The molecule has 4 heterocycles. The molecule has 11 heteroatoms. The third-order valence-corrected chi connectivity index (χ3v) is 6.55. The molecule has 3 N–H and O–H groups in total. The van der Waals surface area contributed by atoms with Gasteiger partial charge in [0.15, 0.2) is 0 Å². The fourth-order valence-corrected chi connectivity index (χ4v) is 4.38. The molecule has 1 aromatic carbocycles. The number of H-pyrrole nitrogens is 1. The zero-order chi connectivity index (χ0) is 24.9. The lowest BCUT2D eigenvalue weighted by molar-refractivity contribution is 0.0320. The van der Waals surface area contributed by atoms with E-state index in [2.05, 4.69) is 37.4 Å². The molecule has 0 spiro atoms. The van der Waals surface area contributed by atoms with Crippen molar-refractivity contribution in [2.75, 3.05) is 81.3 Å². The Kier molecular flexibility index (Phi) is 7.49. The van der Waals surface area contributed by atoms with Crippen molar-refractivity contribution in [1.82, 2.24) is 19.9 Å². The minimum Gasteiger partial charge on any atom is -0.476 e. The van der Waals surface area contributed by atoms with Crippen LogP contribution in [0.15, 0.2) is 24.3 Å². The Hall–Kier alpha value is -3.41. The monoisotopic (exact) mass is 495 g/mol. The Labute approximate surface area is 210 Å². The third-order valence-electron chi connectivity index (χ3n) is 6.55. The van der Waals surface area contributed by atoms with Crippen LogP contribution in [0.5, 0.6) is 5.88 Å². The predicted molar refractivity (Wildman–Crippen MR) is 138 cm³/mol. The number of morpholine rings is 2. The van der Waals surface area contributed by atoms with Gasteiger partial charge in [-0.3, -0.25) is 10.2 Å². The molecule has 2 aliphatic rings. The van der Waals surface area contributed by atoms with Crippen LogP contribution in [0.2, 0.25) is 0 Å². The van der Waals surface area contributed by atoms with Crippen molar-refractivity contribution in [1.29, 1.82) is 0 Å². The van der Waals surface area contributed by atoms with Crippen LogP contribution < -0.4 is 20.3 Å². The molecule has 192 valence electrons. The molecule has 11 nitrogen and oxygen atoms in total. The summed E-state index contributed by atoms with van der Waals surface area (Å²) in [5.41, 5.74) is 4.02. The van der Waals surface area contributed by atoms with Crippen LogP contribution in [0.4, 0.5) is 22.2 Å². The molecule has 0 bridgehead atoms. The van der Waals surface area contributed by atoms with Gasteiger partial charge >= 0.3 is 6.03 Å². The average Bonchev–Trinajstić information content (AvgIpc) is 3.18. The van der Waals surface area contributed by atoms with Crippen LogP contribution in [0.3, 0.4) is 0 Å². The van der Waals surface area contributed by atoms with Crippen molar-refractivity contribution >= 4 is 34.4 Å². The Morgan fingerprint density at radius 2 is 1.78 bits per heavy atom. The van der Waals surface area contributed by atoms with Gasteiger partial charge in [0, 0.05) is 61.1 Å². The quantitative estimate of drug-likeness (QED) is 0.458. The van der Waals surface area contributed by atoms with Crippen LogP contribution in [0, 0.1) is 13.8 Å². The van der Waals surface area contributed by atoms with E-state index in [0.29, 0.717) is 56.2 Å². The first kappa shape index (κ1) is 24.3. The van der Waals surface area contributed by atoms with Crippen LogP contribution in [0.25, 0.3) is 10.9 Å². The summed E-state index contributed by atoms with van der Waals surface area (Å²) in [6, 6.07) is 7.08. The number of carbonyl (C=O) groups is 1. The highest BCUT2D eigenvalue weighted by Crippen LogP contribution is 2.25. The van der Waals surface area contributed by atoms with E-state index in [-0.39, 0.29) is 6.03 Å². The second-order valence-corrected chi connectivity index (χ2v) is 9.01. The lowest BCUT2D eigenvalue weighted by Crippen LogP contribution is -2.39. The lowest BCUT2D eigenvalue weighted by atomic mass is 10.1. The molecule has 2 saturated heterocycles. The number of urea groups is 1. The Balaban J connectivity index is 1.28. The van der Waals surface area contributed by atoms with E-state index in [1.165, 1.54) is 5.56 Å². The summed E-state index contributed by atoms with van der Waals surface area (Å²) < 4.78 is 16.8. The molecule has 0 radical (unpaired) electrons. The number of anilines is 3. The Morgan fingerprint density at radius 3 is 2.56 bits per heavy atom. The smallest absolute Gasteiger partial charge is 0.324 e. The van der Waals surface area contributed by atoms with Crippen LogP contribution in [-0.2, 0) is 9.47 Å². The van der Waals surface area contributed by atoms with Gasteiger partial charge in [-0.1, -0.05) is 0 Å². The zero-order valence-corrected chi connectivity index (χ0v) is 20.8. The van der Waals surface area contributed by atoms with Gasteiger partial charge in [-0.05, 0) is 37.6 Å². The molecular weight excluding hydrogens is 462 g/mol. The first-order chi connectivity index (χ1) is 17.5. The number of nitrogens with zero attached hydrogens (tertiary/aromatic N) is 4. The van der Waals surface area contributed by atoms with Crippen molar-refractivity contribution in [2.45, 2.75) is 13.8 Å². The number of rotatable bonds is 7. The highest BCUT2D eigenvalue weighted by atomic mass is 16.5. The van der Waals surface area contributed by atoms with Gasteiger partial charge in [-0.25, -0.2) is 4.79 Å². The molecule has 5 rings (SSSR count). The van der Waals surface area contributed by atoms with Crippen molar-refractivity contribution in [3.05, 3.63) is 35.5 Å². The van der Waals surface area contributed by atoms with Crippen LogP contribution >= 0.6 is 0 Å². The number of aryl methyl sites for hydroxylation is 2. The number of benzene rings is 1. The van der Waals surface area contributed by atoms with E-state index in [9.17, 15) is 4.79 Å². The number of fused-ring (bicyclic) bond motifs is 1. The number of aromatic nitrogens is 3.